The Morgan fingerprint density at radius 1 is 1.23 bits per heavy atom. The Morgan fingerprint density at radius 3 is 2.52 bits per heavy atom. The molecule has 0 spiro atoms. The minimum atomic E-state index is -4.76. The largest absolute Gasteiger partial charge is 0.483 e. The summed E-state index contributed by atoms with van der Waals surface area (Å²) in [5.74, 6) is -1.88. The minimum absolute atomic E-state index is 0.0443. The van der Waals surface area contributed by atoms with Crippen LogP contribution in [0.4, 0.5) is 17.6 Å². The van der Waals surface area contributed by atoms with Crippen molar-refractivity contribution in [3.63, 3.8) is 0 Å². The number of halogens is 4. The van der Waals surface area contributed by atoms with E-state index in [0.29, 0.717) is 0 Å². The van der Waals surface area contributed by atoms with Gasteiger partial charge in [0.2, 0.25) is 0 Å². The number of aryl methyl sites for hydroxylation is 1. The summed E-state index contributed by atoms with van der Waals surface area (Å²) in [6.45, 7) is 3.02. The SMILES string of the molecule is CCC(Oc1ccc(C(=O)OC)cc1F)c1cc2c(=O)[nH]c(C)nc2cc1C(F)(F)F. The van der Waals surface area contributed by atoms with E-state index in [2.05, 4.69) is 14.7 Å². The normalized spacial score (nSPS) is 12.6. The van der Waals surface area contributed by atoms with Gasteiger partial charge >= 0.3 is 12.1 Å². The van der Waals surface area contributed by atoms with Crippen LogP contribution in [0.5, 0.6) is 5.75 Å². The summed E-state index contributed by atoms with van der Waals surface area (Å²) < 4.78 is 65.8. The third-order valence-corrected chi connectivity index (χ3v) is 4.64. The van der Waals surface area contributed by atoms with Crippen molar-refractivity contribution in [1.29, 1.82) is 0 Å². The van der Waals surface area contributed by atoms with Crippen LogP contribution in [-0.2, 0) is 10.9 Å². The first-order chi connectivity index (χ1) is 14.5. The van der Waals surface area contributed by atoms with Gasteiger partial charge in [-0.05, 0) is 43.7 Å². The number of rotatable bonds is 5. The number of aromatic nitrogens is 2. The Morgan fingerprint density at radius 2 is 1.94 bits per heavy atom. The second-order valence-electron chi connectivity index (χ2n) is 6.76. The molecular formula is C21H18F4N2O4. The van der Waals surface area contributed by atoms with Gasteiger partial charge in [-0.1, -0.05) is 6.92 Å². The molecule has 0 saturated heterocycles. The summed E-state index contributed by atoms with van der Waals surface area (Å²) in [7, 11) is 1.13. The van der Waals surface area contributed by atoms with E-state index in [0.717, 1.165) is 31.4 Å². The average Bonchev–Trinajstić information content (AvgIpc) is 2.70. The highest BCUT2D eigenvalue weighted by Crippen LogP contribution is 2.39. The average molecular weight is 438 g/mol. The van der Waals surface area contributed by atoms with Gasteiger partial charge in [0.15, 0.2) is 11.6 Å². The topological polar surface area (TPSA) is 81.3 Å². The number of esters is 1. The van der Waals surface area contributed by atoms with E-state index in [1.54, 1.807) is 6.92 Å². The Labute approximate surface area is 173 Å². The van der Waals surface area contributed by atoms with E-state index >= 15 is 0 Å². The van der Waals surface area contributed by atoms with Gasteiger partial charge in [-0.3, -0.25) is 4.79 Å². The van der Waals surface area contributed by atoms with Crippen molar-refractivity contribution in [1.82, 2.24) is 9.97 Å². The molecule has 0 aliphatic carbocycles. The highest BCUT2D eigenvalue weighted by molar-refractivity contribution is 5.89. The number of alkyl halides is 3. The van der Waals surface area contributed by atoms with Gasteiger partial charge in [-0.25, -0.2) is 14.2 Å². The minimum Gasteiger partial charge on any atom is -0.483 e. The van der Waals surface area contributed by atoms with Gasteiger partial charge < -0.3 is 14.5 Å². The van der Waals surface area contributed by atoms with Crippen LogP contribution >= 0.6 is 0 Å². The van der Waals surface area contributed by atoms with Gasteiger partial charge in [0, 0.05) is 5.56 Å². The molecule has 0 aliphatic rings. The smallest absolute Gasteiger partial charge is 0.416 e. The van der Waals surface area contributed by atoms with Crippen molar-refractivity contribution in [3.8, 4) is 5.75 Å². The summed E-state index contributed by atoms with van der Waals surface area (Å²) in [6.07, 6.45) is -5.93. The summed E-state index contributed by atoms with van der Waals surface area (Å²) >= 11 is 0. The molecule has 164 valence electrons. The molecule has 1 N–H and O–H groups in total. The Balaban J connectivity index is 2.11. The van der Waals surface area contributed by atoms with Gasteiger partial charge in [0.05, 0.1) is 29.1 Å². The number of methoxy groups -OCH3 is 1. The van der Waals surface area contributed by atoms with Crippen molar-refractivity contribution < 1.29 is 31.8 Å². The van der Waals surface area contributed by atoms with E-state index in [1.807, 2.05) is 0 Å². The van der Waals surface area contributed by atoms with E-state index in [4.69, 9.17) is 4.74 Å². The lowest BCUT2D eigenvalue weighted by molar-refractivity contribution is -0.139. The predicted octanol–water partition coefficient (Wildman–Crippen LogP) is 4.71. The van der Waals surface area contributed by atoms with Crippen LogP contribution in [0.1, 0.15) is 46.8 Å². The molecule has 2 aromatic carbocycles. The molecule has 0 fully saturated rings. The molecule has 3 aromatic rings. The number of nitrogens with one attached hydrogen (secondary N) is 1. The zero-order chi connectivity index (χ0) is 22.9. The number of hydrogen-bond donors (Lipinski definition) is 1. The Bertz CT molecular complexity index is 1200. The molecule has 3 rings (SSSR count). The number of fused-ring (bicyclic) bond motifs is 1. The first kappa shape index (κ1) is 22.3. The molecule has 0 radical (unpaired) electrons. The molecule has 0 saturated carbocycles. The molecule has 31 heavy (non-hydrogen) atoms. The number of carbonyl (C=O) groups is 1. The quantitative estimate of drug-likeness (QED) is 0.461. The summed E-state index contributed by atoms with van der Waals surface area (Å²) in [5, 5.41) is -0.0443. The zero-order valence-corrected chi connectivity index (χ0v) is 16.8. The highest BCUT2D eigenvalue weighted by Gasteiger charge is 2.36. The summed E-state index contributed by atoms with van der Waals surface area (Å²) in [6, 6.07) is 5.10. The third kappa shape index (κ3) is 4.52. The molecule has 6 nitrogen and oxygen atoms in total. The fraction of sp³-hybridized carbons (Fsp3) is 0.286. The molecule has 0 amide bonds. The third-order valence-electron chi connectivity index (χ3n) is 4.64. The van der Waals surface area contributed by atoms with Gasteiger partial charge in [-0.2, -0.15) is 13.2 Å². The Kier molecular flexibility index (Phi) is 6.01. The van der Waals surface area contributed by atoms with Crippen LogP contribution in [0.25, 0.3) is 10.9 Å². The lowest BCUT2D eigenvalue weighted by atomic mass is 9.97. The fourth-order valence-electron chi connectivity index (χ4n) is 3.19. The monoisotopic (exact) mass is 438 g/mol. The van der Waals surface area contributed by atoms with Crippen molar-refractivity contribution in [2.75, 3.05) is 7.11 Å². The number of hydrogen-bond acceptors (Lipinski definition) is 5. The highest BCUT2D eigenvalue weighted by atomic mass is 19.4. The van der Waals surface area contributed by atoms with E-state index < -0.39 is 35.2 Å². The fourth-order valence-corrected chi connectivity index (χ4v) is 3.19. The van der Waals surface area contributed by atoms with Crippen molar-refractivity contribution in [3.05, 3.63) is 69.0 Å². The first-order valence-corrected chi connectivity index (χ1v) is 9.21. The van der Waals surface area contributed by atoms with Gasteiger partial charge in [-0.15, -0.1) is 0 Å². The predicted molar refractivity (Wildman–Crippen MR) is 104 cm³/mol. The maximum Gasteiger partial charge on any atom is 0.416 e. The van der Waals surface area contributed by atoms with Crippen LogP contribution in [0, 0.1) is 12.7 Å². The number of ether oxygens (including phenoxy) is 2. The van der Waals surface area contributed by atoms with Crippen molar-refractivity contribution in [2.24, 2.45) is 0 Å². The lowest BCUT2D eigenvalue weighted by Crippen LogP contribution is -2.18. The van der Waals surface area contributed by atoms with Crippen LogP contribution in [0.2, 0.25) is 0 Å². The van der Waals surface area contributed by atoms with E-state index in [1.165, 1.54) is 13.0 Å². The number of nitrogens with zero attached hydrogens (tertiary/aromatic N) is 1. The van der Waals surface area contributed by atoms with Crippen molar-refractivity contribution in [2.45, 2.75) is 32.5 Å². The van der Waals surface area contributed by atoms with Gasteiger partial charge in [0.25, 0.3) is 5.56 Å². The number of H-pyrrole nitrogens is 1. The standard InChI is InChI=1S/C21H18F4N2O4/c1-4-17(31-18-6-5-11(7-15(18)22)20(29)30-3)12-8-13-16(9-14(12)21(23,24)25)26-10(2)27-19(13)28/h5-9,17H,4H2,1-3H3,(H,26,27,28). The summed E-state index contributed by atoms with van der Waals surface area (Å²) in [4.78, 5) is 30.2. The first-order valence-electron chi connectivity index (χ1n) is 9.21. The zero-order valence-electron chi connectivity index (χ0n) is 16.8. The second-order valence-corrected chi connectivity index (χ2v) is 6.76. The van der Waals surface area contributed by atoms with E-state index in [9.17, 15) is 27.2 Å². The number of carbonyl (C=O) groups excluding carboxylic acids is 1. The Hall–Kier alpha value is -3.43. The lowest BCUT2D eigenvalue weighted by Gasteiger charge is -2.23. The molecule has 1 atom stereocenters. The molecule has 0 aliphatic heterocycles. The number of benzene rings is 2. The van der Waals surface area contributed by atoms with E-state index in [-0.39, 0.29) is 40.0 Å². The van der Waals surface area contributed by atoms with Crippen LogP contribution in [0.15, 0.2) is 35.1 Å². The molecule has 1 aromatic heterocycles. The van der Waals surface area contributed by atoms with Gasteiger partial charge in [0.1, 0.15) is 11.9 Å². The molecule has 1 unspecified atom stereocenters. The van der Waals surface area contributed by atoms with Crippen LogP contribution in [-0.4, -0.2) is 23.0 Å². The molecular weight excluding hydrogens is 420 g/mol. The molecule has 1 heterocycles. The van der Waals surface area contributed by atoms with Crippen LogP contribution in [0.3, 0.4) is 0 Å². The summed E-state index contributed by atoms with van der Waals surface area (Å²) in [5.41, 5.74) is -2.14. The molecule has 10 heteroatoms. The second kappa shape index (κ2) is 8.37. The maximum absolute atomic E-state index is 14.4. The van der Waals surface area contributed by atoms with Crippen LogP contribution < -0.4 is 10.3 Å². The molecule has 0 bridgehead atoms. The van der Waals surface area contributed by atoms with Crippen molar-refractivity contribution >= 4 is 16.9 Å². The number of aromatic amines is 1. The maximum atomic E-state index is 14.4.